The van der Waals surface area contributed by atoms with Crippen LogP contribution in [0.5, 0.6) is 6.01 Å². The highest BCUT2D eigenvalue weighted by atomic mass is 19.1. The van der Waals surface area contributed by atoms with E-state index in [1.807, 2.05) is 0 Å². The quantitative estimate of drug-likeness (QED) is 0.818. The van der Waals surface area contributed by atoms with Gasteiger partial charge in [0, 0.05) is 25.7 Å². The molecule has 4 rings (SSSR count). The predicted octanol–water partition coefficient (Wildman–Crippen LogP) is 2.71. The van der Waals surface area contributed by atoms with Crippen molar-refractivity contribution >= 4 is 5.52 Å². The van der Waals surface area contributed by atoms with E-state index in [1.165, 1.54) is 7.11 Å². The van der Waals surface area contributed by atoms with Crippen molar-refractivity contribution in [1.29, 1.82) is 0 Å². The first-order chi connectivity index (χ1) is 13.0. The summed E-state index contributed by atoms with van der Waals surface area (Å²) in [4.78, 5) is 17.6. The third kappa shape index (κ3) is 3.59. The second-order valence-electron chi connectivity index (χ2n) is 8.06. The Morgan fingerprint density at radius 3 is 2.67 bits per heavy atom. The summed E-state index contributed by atoms with van der Waals surface area (Å²) in [5.74, 6) is 1.28. The Bertz CT molecular complexity index is 860. The largest absolute Gasteiger partial charge is 0.467 e. The predicted molar refractivity (Wildman–Crippen MR) is 98.1 cm³/mol. The lowest BCUT2D eigenvalue weighted by Crippen LogP contribution is -2.32. The Morgan fingerprint density at radius 2 is 2.00 bits per heavy atom. The van der Waals surface area contributed by atoms with Crippen LogP contribution in [0.3, 0.4) is 0 Å². The lowest BCUT2D eigenvalue weighted by atomic mass is 9.81. The van der Waals surface area contributed by atoms with Gasteiger partial charge in [0.15, 0.2) is 5.52 Å². The molecule has 0 spiro atoms. The van der Waals surface area contributed by atoms with Gasteiger partial charge in [-0.05, 0) is 51.4 Å². The average molecular weight is 378 g/mol. The smallest absolute Gasteiger partial charge is 0.316 e. The molecule has 0 unspecified atom stereocenters. The van der Waals surface area contributed by atoms with Crippen LogP contribution in [0, 0.1) is 5.92 Å². The molecule has 0 aromatic carbocycles. The fraction of sp³-hybridized carbons (Fsp3) is 0.737. The highest BCUT2D eigenvalue weighted by Gasteiger charge is 2.32. The summed E-state index contributed by atoms with van der Waals surface area (Å²) in [5.41, 5.74) is -0.776. The van der Waals surface area contributed by atoms with E-state index in [0.29, 0.717) is 38.1 Å². The van der Waals surface area contributed by atoms with Crippen molar-refractivity contribution in [2.75, 3.05) is 20.3 Å². The lowest BCUT2D eigenvalue weighted by Gasteiger charge is -2.31. The molecular formula is C19H27FN4O3. The van der Waals surface area contributed by atoms with E-state index in [2.05, 4.69) is 10.1 Å². The van der Waals surface area contributed by atoms with E-state index < -0.39 is 5.67 Å². The molecular weight excluding hydrogens is 351 g/mol. The topological polar surface area (TPSA) is 70.7 Å². The van der Waals surface area contributed by atoms with Gasteiger partial charge in [0.25, 0.3) is 5.56 Å². The van der Waals surface area contributed by atoms with Crippen LogP contribution < -0.4 is 10.3 Å². The van der Waals surface area contributed by atoms with Gasteiger partial charge in [0.05, 0.1) is 13.3 Å². The standard InChI is InChI=1S/C19H27FN4O3/c1-19(20)7-3-13(4-8-19)12-23-17(25)15-11-21-16(14-5-9-27-10-6-14)24(15)22-18(23)26-2/h11,13-14H,3-10,12H2,1-2H3. The maximum absolute atomic E-state index is 14.1. The zero-order valence-corrected chi connectivity index (χ0v) is 16.0. The zero-order chi connectivity index (χ0) is 19.0. The van der Waals surface area contributed by atoms with Gasteiger partial charge >= 0.3 is 6.01 Å². The number of alkyl halides is 1. The zero-order valence-electron chi connectivity index (χ0n) is 16.0. The van der Waals surface area contributed by atoms with E-state index in [9.17, 15) is 9.18 Å². The summed E-state index contributed by atoms with van der Waals surface area (Å²) in [5, 5.41) is 4.56. The number of nitrogens with zero attached hydrogens (tertiary/aromatic N) is 4. The monoisotopic (exact) mass is 378 g/mol. The normalized spacial score (nSPS) is 27.1. The highest BCUT2D eigenvalue weighted by Crippen LogP contribution is 2.35. The van der Waals surface area contributed by atoms with Crippen LogP contribution >= 0.6 is 0 Å². The molecule has 8 heteroatoms. The average Bonchev–Trinajstić information content (AvgIpc) is 3.10. The molecule has 2 fully saturated rings. The van der Waals surface area contributed by atoms with Crippen molar-refractivity contribution in [3.8, 4) is 6.01 Å². The van der Waals surface area contributed by atoms with Crippen molar-refractivity contribution in [3.05, 3.63) is 22.4 Å². The molecule has 27 heavy (non-hydrogen) atoms. The van der Waals surface area contributed by atoms with Crippen LogP contribution in [0.25, 0.3) is 5.52 Å². The number of fused-ring (bicyclic) bond motifs is 1. The van der Waals surface area contributed by atoms with Crippen LogP contribution in [-0.4, -0.2) is 45.2 Å². The molecule has 1 saturated carbocycles. The summed E-state index contributed by atoms with van der Waals surface area (Å²) in [6.45, 7) is 3.55. The molecule has 0 radical (unpaired) electrons. The molecule has 2 aromatic heterocycles. The molecule has 0 N–H and O–H groups in total. The number of methoxy groups -OCH3 is 1. The summed E-state index contributed by atoms with van der Waals surface area (Å²) in [7, 11) is 1.52. The molecule has 1 aliphatic heterocycles. The van der Waals surface area contributed by atoms with Gasteiger partial charge in [-0.25, -0.2) is 13.9 Å². The molecule has 1 aliphatic carbocycles. The minimum atomic E-state index is -1.09. The maximum Gasteiger partial charge on any atom is 0.316 e. The van der Waals surface area contributed by atoms with Crippen molar-refractivity contribution in [2.45, 2.75) is 63.6 Å². The maximum atomic E-state index is 14.1. The Hall–Kier alpha value is -1.96. The number of ether oxygens (including phenoxy) is 2. The minimum absolute atomic E-state index is 0.152. The first-order valence-electron chi connectivity index (χ1n) is 9.77. The van der Waals surface area contributed by atoms with E-state index in [0.717, 1.165) is 31.5 Å². The lowest BCUT2D eigenvalue weighted by molar-refractivity contribution is 0.0831. The van der Waals surface area contributed by atoms with Crippen LogP contribution in [0.4, 0.5) is 4.39 Å². The fourth-order valence-corrected chi connectivity index (χ4v) is 4.24. The van der Waals surface area contributed by atoms with Crippen molar-refractivity contribution < 1.29 is 13.9 Å². The number of imidazole rings is 1. The Balaban J connectivity index is 1.65. The Labute approximate surface area is 157 Å². The molecule has 2 aliphatic rings. The van der Waals surface area contributed by atoms with Gasteiger partial charge in [-0.15, -0.1) is 5.10 Å². The molecule has 3 heterocycles. The van der Waals surface area contributed by atoms with Gasteiger partial charge in [-0.1, -0.05) is 0 Å². The first kappa shape index (κ1) is 18.4. The first-order valence-corrected chi connectivity index (χ1v) is 9.77. The van der Waals surface area contributed by atoms with Crippen LogP contribution in [0.15, 0.2) is 11.0 Å². The van der Waals surface area contributed by atoms with E-state index >= 15 is 0 Å². The number of aromatic nitrogens is 4. The Kier molecular flexibility index (Phi) is 4.92. The SMILES string of the molecule is COc1nn2c(C3CCOCC3)ncc2c(=O)n1CC1CCC(C)(F)CC1. The van der Waals surface area contributed by atoms with Gasteiger partial charge < -0.3 is 9.47 Å². The summed E-state index contributed by atoms with van der Waals surface area (Å²) < 4.78 is 28.1. The Morgan fingerprint density at radius 1 is 1.30 bits per heavy atom. The van der Waals surface area contributed by atoms with E-state index in [1.54, 1.807) is 22.2 Å². The number of halogens is 1. The fourth-order valence-electron chi connectivity index (χ4n) is 4.24. The second-order valence-corrected chi connectivity index (χ2v) is 8.06. The summed E-state index contributed by atoms with van der Waals surface area (Å²) in [6.07, 6.45) is 5.94. The van der Waals surface area contributed by atoms with Gasteiger partial charge in [0.2, 0.25) is 0 Å². The van der Waals surface area contributed by atoms with Crippen molar-refractivity contribution in [1.82, 2.24) is 19.2 Å². The minimum Gasteiger partial charge on any atom is -0.467 e. The molecule has 0 amide bonds. The van der Waals surface area contributed by atoms with E-state index in [4.69, 9.17) is 9.47 Å². The van der Waals surface area contributed by atoms with Gasteiger partial charge in [-0.2, -0.15) is 0 Å². The van der Waals surface area contributed by atoms with Crippen molar-refractivity contribution in [2.24, 2.45) is 5.92 Å². The molecule has 0 bridgehead atoms. The molecule has 148 valence electrons. The second kappa shape index (κ2) is 7.22. The van der Waals surface area contributed by atoms with Crippen LogP contribution in [0.2, 0.25) is 0 Å². The van der Waals surface area contributed by atoms with Crippen LogP contribution in [-0.2, 0) is 11.3 Å². The summed E-state index contributed by atoms with van der Waals surface area (Å²) in [6, 6.07) is 0.285. The molecule has 7 nitrogen and oxygen atoms in total. The van der Waals surface area contributed by atoms with Crippen LogP contribution in [0.1, 0.15) is 57.2 Å². The summed E-state index contributed by atoms with van der Waals surface area (Å²) >= 11 is 0. The number of rotatable bonds is 4. The highest BCUT2D eigenvalue weighted by molar-refractivity contribution is 5.43. The van der Waals surface area contributed by atoms with Gasteiger partial charge in [-0.3, -0.25) is 9.36 Å². The third-order valence-corrected chi connectivity index (χ3v) is 6.00. The third-order valence-electron chi connectivity index (χ3n) is 6.00. The molecule has 1 saturated heterocycles. The molecule has 2 aromatic rings. The number of hydrogen-bond acceptors (Lipinski definition) is 5. The molecule has 0 atom stereocenters. The van der Waals surface area contributed by atoms with Gasteiger partial charge in [0.1, 0.15) is 11.5 Å². The van der Waals surface area contributed by atoms with E-state index in [-0.39, 0.29) is 23.4 Å². The van der Waals surface area contributed by atoms with Crippen molar-refractivity contribution in [3.63, 3.8) is 0 Å². The number of hydrogen-bond donors (Lipinski definition) is 0.